The first kappa shape index (κ1) is 16.7. The molecule has 4 rings (SSSR count). The third-order valence-corrected chi connectivity index (χ3v) is 6.25. The predicted molar refractivity (Wildman–Crippen MR) is 104 cm³/mol. The number of fused-ring (bicyclic) bond motifs is 3. The fourth-order valence-corrected chi connectivity index (χ4v) is 4.91. The Kier molecular flexibility index (Phi) is 4.80. The third kappa shape index (κ3) is 3.20. The standard InChI is InChI=1S/C23H29NO/c1-3-24-15-19-11-13-20-22(25-2)14-12-18(23(20)21(19)16-24)10-9-17-7-5-4-6-8-17/h4-8,12,14,19,21H,3,9-11,13,15-16H2,1-2H3. The summed E-state index contributed by atoms with van der Waals surface area (Å²) in [6, 6.07) is 15.4. The molecule has 2 nitrogen and oxygen atoms in total. The molecule has 0 spiro atoms. The van der Waals surface area contributed by atoms with Crippen LogP contribution in [0.25, 0.3) is 0 Å². The number of likely N-dealkylation sites (tertiary alicyclic amines) is 1. The molecule has 25 heavy (non-hydrogen) atoms. The summed E-state index contributed by atoms with van der Waals surface area (Å²) in [5.74, 6) is 2.63. The van der Waals surface area contributed by atoms with E-state index in [1.807, 2.05) is 7.11 Å². The minimum Gasteiger partial charge on any atom is -0.496 e. The van der Waals surface area contributed by atoms with Crippen molar-refractivity contribution < 1.29 is 4.74 Å². The lowest BCUT2D eigenvalue weighted by Crippen LogP contribution is -2.21. The smallest absolute Gasteiger partial charge is 0.122 e. The minimum absolute atomic E-state index is 0.699. The summed E-state index contributed by atoms with van der Waals surface area (Å²) in [5.41, 5.74) is 6.10. The van der Waals surface area contributed by atoms with E-state index in [2.05, 4.69) is 54.3 Å². The monoisotopic (exact) mass is 335 g/mol. The van der Waals surface area contributed by atoms with Gasteiger partial charge >= 0.3 is 0 Å². The lowest BCUT2D eigenvalue weighted by atomic mass is 9.74. The lowest BCUT2D eigenvalue weighted by molar-refractivity contribution is 0.338. The first-order valence-electron chi connectivity index (χ1n) is 9.75. The van der Waals surface area contributed by atoms with Crippen molar-refractivity contribution in [2.24, 2.45) is 5.92 Å². The van der Waals surface area contributed by atoms with Gasteiger partial charge in [-0.2, -0.15) is 0 Å². The van der Waals surface area contributed by atoms with E-state index in [1.54, 1.807) is 11.1 Å². The molecule has 1 saturated heterocycles. The molecule has 0 amide bonds. The molecule has 0 radical (unpaired) electrons. The fraction of sp³-hybridized carbons (Fsp3) is 0.478. The van der Waals surface area contributed by atoms with Crippen LogP contribution in [0, 0.1) is 5.92 Å². The molecule has 2 atom stereocenters. The third-order valence-electron chi connectivity index (χ3n) is 6.25. The number of rotatable bonds is 5. The Hall–Kier alpha value is -1.80. The van der Waals surface area contributed by atoms with E-state index in [0.29, 0.717) is 5.92 Å². The zero-order valence-corrected chi connectivity index (χ0v) is 15.5. The van der Waals surface area contributed by atoms with Gasteiger partial charge in [0.2, 0.25) is 0 Å². The number of methoxy groups -OCH3 is 1. The molecule has 0 N–H and O–H groups in total. The van der Waals surface area contributed by atoms with Gasteiger partial charge < -0.3 is 9.64 Å². The van der Waals surface area contributed by atoms with Crippen LogP contribution in [-0.4, -0.2) is 31.6 Å². The molecule has 2 aromatic rings. The van der Waals surface area contributed by atoms with Crippen LogP contribution >= 0.6 is 0 Å². The molecule has 1 aliphatic heterocycles. The van der Waals surface area contributed by atoms with E-state index in [0.717, 1.165) is 24.5 Å². The number of hydrogen-bond donors (Lipinski definition) is 0. The van der Waals surface area contributed by atoms with Crippen molar-refractivity contribution in [3.63, 3.8) is 0 Å². The number of nitrogens with zero attached hydrogens (tertiary/aromatic N) is 1. The molecule has 0 bridgehead atoms. The summed E-state index contributed by atoms with van der Waals surface area (Å²) in [5, 5.41) is 0. The van der Waals surface area contributed by atoms with Crippen LogP contribution in [-0.2, 0) is 19.3 Å². The van der Waals surface area contributed by atoms with Crippen LogP contribution in [0.15, 0.2) is 42.5 Å². The van der Waals surface area contributed by atoms with Crippen molar-refractivity contribution >= 4 is 0 Å². The molecule has 1 fully saturated rings. The Balaban J connectivity index is 1.66. The van der Waals surface area contributed by atoms with Gasteiger partial charge in [0.05, 0.1) is 7.11 Å². The Labute approximate surface area is 151 Å². The first-order chi connectivity index (χ1) is 12.3. The number of hydrogen-bond acceptors (Lipinski definition) is 2. The molecule has 1 aliphatic carbocycles. The molecule has 132 valence electrons. The van der Waals surface area contributed by atoms with Gasteiger partial charge in [-0.15, -0.1) is 0 Å². The Morgan fingerprint density at radius 2 is 1.88 bits per heavy atom. The minimum atomic E-state index is 0.699. The number of benzene rings is 2. The normalized spacial score (nSPS) is 22.5. The summed E-state index contributed by atoms with van der Waals surface area (Å²) in [7, 11) is 1.82. The maximum Gasteiger partial charge on any atom is 0.122 e. The summed E-state index contributed by atoms with van der Waals surface area (Å²) in [4.78, 5) is 2.63. The molecule has 2 unspecified atom stereocenters. The van der Waals surface area contributed by atoms with Crippen LogP contribution in [0.5, 0.6) is 5.75 Å². The molecule has 0 saturated carbocycles. The zero-order chi connectivity index (χ0) is 17.2. The van der Waals surface area contributed by atoms with Gasteiger partial charge in [-0.1, -0.05) is 43.3 Å². The van der Waals surface area contributed by atoms with E-state index >= 15 is 0 Å². The van der Waals surface area contributed by atoms with Gasteiger partial charge in [0.15, 0.2) is 0 Å². The van der Waals surface area contributed by atoms with Crippen molar-refractivity contribution in [1.29, 1.82) is 0 Å². The van der Waals surface area contributed by atoms with Crippen LogP contribution in [0.1, 0.15) is 41.5 Å². The highest BCUT2D eigenvalue weighted by molar-refractivity contribution is 5.50. The SMILES string of the molecule is CCN1CC2CCc3c(OC)ccc(CCc4ccccc4)c3C2C1. The number of ether oxygens (including phenoxy) is 1. The van der Waals surface area contributed by atoms with Crippen LogP contribution in [0.3, 0.4) is 0 Å². The van der Waals surface area contributed by atoms with Crippen LogP contribution in [0.2, 0.25) is 0 Å². The molecule has 0 aromatic heterocycles. The second-order valence-corrected chi connectivity index (χ2v) is 7.56. The Morgan fingerprint density at radius 1 is 1.04 bits per heavy atom. The van der Waals surface area contributed by atoms with Crippen molar-refractivity contribution in [2.45, 2.75) is 38.5 Å². The summed E-state index contributed by atoms with van der Waals surface area (Å²) < 4.78 is 5.72. The first-order valence-corrected chi connectivity index (χ1v) is 9.75. The quantitative estimate of drug-likeness (QED) is 0.800. The summed E-state index contributed by atoms with van der Waals surface area (Å²) >= 11 is 0. The van der Waals surface area contributed by atoms with E-state index in [9.17, 15) is 0 Å². The van der Waals surface area contributed by atoms with E-state index in [1.165, 1.54) is 43.6 Å². The highest BCUT2D eigenvalue weighted by Crippen LogP contribution is 2.45. The van der Waals surface area contributed by atoms with E-state index in [4.69, 9.17) is 4.74 Å². The largest absolute Gasteiger partial charge is 0.496 e. The van der Waals surface area contributed by atoms with Crippen molar-refractivity contribution in [3.8, 4) is 5.75 Å². The van der Waals surface area contributed by atoms with Gasteiger partial charge in [0.1, 0.15) is 5.75 Å². The predicted octanol–water partition coefficient (Wildman–Crippen LogP) is 4.46. The molecule has 2 aromatic carbocycles. The lowest BCUT2D eigenvalue weighted by Gasteiger charge is -2.31. The Bertz CT molecular complexity index is 724. The summed E-state index contributed by atoms with van der Waals surface area (Å²) in [6.07, 6.45) is 4.74. The molecule has 1 heterocycles. The highest BCUT2D eigenvalue weighted by atomic mass is 16.5. The van der Waals surface area contributed by atoms with Gasteiger partial charge in [0.25, 0.3) is 0 Å². The van der Waals surface area contributed by atoms with E-state index in [-0.39, 0.29) is 0 Å². The molecule has 2 aliphatic rings. The highest BCUT2D eigenvalue weighted by Gasteiger charge is 2.39. The topological polar surface area (TPSA) is 12.5 Å². The maximum atomic E-state index is 5.72. The van der Waals surface area contributed by atoms with Crippen molar-refractivity contribution in [2.75, 3.05) is 26.7 Å². The average molecular weight is 335 g/mol. The molecule has 2 heteroatoms. The van der Waals surface area contributed by atoms with Gasteiger partial charge in [0, 0.05) is 19.0 Å². The van der Waals surface area contributed by atoms with Crippen LogP contribution in [0.4, 0.5) is 0 Å². The second kappa shape index (κ2) is 7.21. The average Bonchev–Trinajstić information content (AvgIpc) is 3.10. The van der Waals surface area contributed by atoms with Gasteiger partial charge in [-0.25, -0.2) is 0 Å². The van der Waals surface area contributed by atoms with Gasteiger partial charge in [-0.05, 0) is 66.5 Å². The summed E-state index contributed by atoms with van der Waals surface area (Å²) in [6.45, 7) is 5.96. The second-order valence-electron chi connectivity index (χ2n) is 7.56. The zero-order valence-electron chi connectivity index (χ0n) is 15.5. The van der Waals surface area contributed by atoms with Gasteiger partial charge in [-0.3, -0.25) is 0 Å². The van der Waals surface area contributed by atoms with Crippen molar-refractivity contribution in [1.82, 2.24) is 4.90 Å². The molecular formula is C23H29NO. The van der Waals surface area contributed by atoms with Crippen LogP contribution < -0.4 is 4.74 Å². The molecular weight excluding hydrogens is 306 g/mol. The van der Waals surface area contributed by atoms with E-state index < -0.39 is 0 Å². The number of likely N-dealkylation sites (N-methyl/N-ethyl adjacent to an activating group) is 1. The fourth-order valence-electron chi connectivity index (χ4n) is 4.91. The maximum absolute atomic E-state index is 5.72. The van der Waals surface area contributed by atoms with Crippen molar-refractivity contribution in [3.05, 3.63) is 64.7 Å². The Morgan fingerprint density at radius 3 is 2.64 bits per heavy atom. The number of aryl methyl sites for hydroxylation is 2.